The Kier molecular flexibility index (Phi) is 7.98. The van der Waals surface area contributed by atoms with Crippen LogP contribution in [-0.2, 0) is 42.2 Å². The van der Waals surface area contributed by atoms with Gasteiger partial charge in [0.25, 0.3) is 21.8 Å². The van der Waals surface area contributed by atoms with Crippen LogP contribution in [0.5, 0.6) is 0 Å². The van der Waals surface area contributed by atoms with Gasteiger partial charge >= 0.3 is 5.97 Å². The third-order valence-corrected chi connectivity index (χ3v) is 8.92. The molecule has 1 aromatic heterocycles. The topological polar surface area (TPSA) is 220 Å². The number of nitrogens with two attached hydrogens (primary N) is 1. The van der Waals surface area contributed by atoms with Crippen molar-refractivity contribution in [2.75, 3.05) is 30.1 Å². The first-order chi connectivity index (χ1) is 18.0. The molecule has 2 aliphatic heterocycles. The predicted molar refractivity (Wildman–Crippen MR) is 135 cm³/mol. The molecule has 0 bridgehead atoms. The fraction of sp³-hybridized carbons (Fsp3) is 0.400. The summed E-state index contributed by atoms with van der Waals surface area (Å²) in [4.78, 5) is 39.3. The lowest BCUT2D eigenvalue weighted by Crippen LogP contribution is -2.80. The molecule has 5 N–H and O–H groups in total. The summed E-state index contributed by atoms with van der Waals surface area (Å²) in [6, 6.07) is 6.80. The van der Waals surface area contributed by atoms with Crippen molar-refractivity contribution in [1.29, 1.82) is 0 Å². The number of aryl methyl sites for hydroxylation is 1. The number of benzene rings is 1. The number of aliphatic carboxylic acids is 1. The molecule has 2 aromatic rings. The molecule has 2 atom stereocenters. The number of fused-ring (bicyclic) bond motifs is 1. The highest BCUT2D eigenvalue weighted by molar-refractivity contribution is 8.01. The second-order valence-corrected chi connectivity index (χ2v) is 11.8. The van der Waals surface area contributed by atoms with Crippen LogP contribution in [0.3, 0.4) is 0 Å². The number of anilines is 1. The van der Waals surface area contributed by atoms with E-state index < -0.39 is 44.8 Å². The summed E-state index contributed by atoms with van der Waals surface area (Å²) in [7, 11) is -2.98. The van der Waals surface area contributed by atoms with Crippen molar-refractivity contribution in [3.8, 4) is 0 Å². The first kappa shape index (κ1) is 27.8. The molecule has 4 rings (SSSR count). The lowest BCUT2D eigenvalue weighted by atomic mass is 9.97. The second kappa shape index (κ2) is 10.9. The van der Waals surface area contributed by atoms with E-state index in [0.29, 0.717) is 16.8 Å². The van der Waals surface area contributed by atoms with Gasteiger partial charge < -0.3 is 20.9 Å². The van der Waals surface area contributed by atoms with E-state index in [1.54, 1.807) is 24.3 Å². The lowest BCUT2D eigenvalue weighted by Gasteiger charge is -2.55. The van der Waals surface area contributed by atoms with Gasteiger partial charge in [0, 0.05) is 24.3 Å². The number of carbonyl (C=O) groups is 3. The van der Waals surface area contributed by atoms with Crippen LogP contribution in [0.1, 0.15) is 5.56 Å². The van der Waals surface area contributed by atoms with Crippen LogP contribution in [0.25, 0.3) is 0 Å². The summed E-state index contributed by atoms with van der Waals surface area (Å²) < 4.78 is 37.6. The number of nitrogen functional groups attached to an aromatic ring is 1. The smallest absolute Gasteiger partial charge is 0.352 e. The van der Waals surface area contributed by atoms with E-state index in [1.807, 2.05) is 0 Å². The zero-order valence-corrected chi connectivity index (χ0v) is 22.3. The van der Waals surface area contributed by atoms with Crippen LogP contribution in [0.15, 0.2) is 40.7 Å². The number of hydrogen-bond donors (Lipinski definition) is 4. The van der Waals surface area contributed by atoms with Crippen molar-refractivity contribution < 1.29 is 37.2 Å². The van der Waals surface area contributed by atoms with Crippen molar-refractivity contribution in [2.45, 2.75) is 29.2 Å². The molecular weight excluding hydrogens is 562 g/mol. The number of carbonyl (C=O) groups excluding carboxylic acids is 2. The number of β-lactam (4-membered cyclic amide) rings is 1. The fourth-order valence-corrected chi connectivity index (χ4v) is 6.85. The molecule has 1 fully saturated rings. The average molecular weight is 586 g/mol. The van der Waals surface area contributed by atoms with Gasteiger partial charge in [-0.1, -0.05) is 30.0 Å². The van der Waals surface area contributed by atoms with Crippen LogP contribution < -0.4 is 11.1 Å². The summed E-state index contributed by atoms with van der Waals surface area (Å²) in [5.41, 5.74) is 5.31. The number of nitrogens with zero attached hydrogens (tertiary/aromatic N) is 5. The van der Waals surface area contributed by atoms with Gasteiger partial charge in [-0.05, 0) is 27.6 Å². The standard InChI is InChI=1S/C20H23N7O8S3/c1-35-20(22-14(28)8-11-4-2-3-5-13(11)21)17(31)27-15(16(29)30)12(9-36-18(20)27)10-37-19-23-24-25-26(19)6-7-38(32,33)34/h2-5,18H,6-10,21H2,1H3,(H,22,28)(H,29,30)(H,32,33,34)/t18-,20+/m1/s1. The number of thioether (sulfide) groups is 2. The summed E-state index contributed by atoms with van der Waals surface area (Å²) in [6.45, 7) is -0.203. The van der Waals surface area contributed by atoms with Gasteiger partial charge in [-0.3, -0.25) is 19.0 Å². The SMILES string of the molecule is CO[C@@]1(NC(=O)Cc2ccccc2N)C(=O)N2C(C(=O)O)=C(CSc3nnnn3CCS(=O)(=O)O)CS[C@@H]21. The molecule has 1 saturated heterocycles. The zero-order valence-electron chi connectivity index (χ0n) is 19.8. The average Bonchev–Trinajstić information content (AvgIpc) is 3.32. The van der Waals surface area contributed by atoms with Crippen LogP contribution in [-0.4, -0.2) is 96.4 Å². The number of carboxylic acid groups (broad SMARTS) is 1. The number of methoxy groups -OCH3 is 1. The van der Waals surface area contributed by atoms with E-state index in [9.17, 15) is 27.9 Å². The molecule has 15 nitrogen and oxygen atoms in total. The Hall–Kier alpha value is -3.19. The van der Waals surface area contributed by atoms with Gasteiger partial charge in [0.05, 0.1) is 18.7 Å². The number of rotatable bonds is 11. The summed E-state index contributed by atoms with van der Waals surface area (Å²) in [5, 5.41) is 22.9. The summed E-state index contributed by atoms with van der Waals surface area (Å²) in [6.07, 6.45) is -0.0989. The van der Waals surface area contributed by atoms with Gasteiger partial charge in [-0.2, -0.15) is 8.42 Å². The molecule has 3 heterocycles. The van der Waals surface area contributed by atoms with E-state index >= 15 is 0 Å². The van der Waals surface area contributed by atoms with E-state index in [0.717, 1.165) is 21.3 Å². The van der Waals surface area contributed by atoms with E-state index in [-0.39, 0.29) is 35.3 Å². The van der Waals surface area contributed by atoms with Gasteiger partial charge in [-0.15, -0.1) is 16.9 Å². The molecule has 18 heteroatoms. The second-order valence-electron chi connectivity index (χ2n) is 8.22. The third-order valence-electron chi connectivity index (χ3n) is 5.80. The van der Waals surface area contributed by atoms with Gasteiger partial charge in [-0.25, -0.2) is 9.48 Å². The number of carboxylic acids is 1. The van der Waals surface area contributed by atoms with Crippen molar-refractivity contribution in [2.24, 2.45) is 0 Å². The first-order valence-electron chi connectivity index (χ1n) is 10.9. The Morgan fingerprint density at radius 3 is 2.76 bits per heavy atom. The van der Waals surface area contributed by atoms with Crippen molar-refractivity contribution >= 4 is 57.1 Å². The molecule has 204 valence electrons. The molecular formula is C20H23N7O8S3. The molecule has 2 aliphatic rings. The predicted octanol–water partition coefficient (Wildman–Crippen LogP) is -0.809. The Bertz CT molecular complexity index is 1410. The Balaban J connectivity index is 1.49. The molecule has 2 amide bonds. The Morgan fingerprint density at radius 2 is 2.11 bits per heavy atom. The molecule has 0 spiro atoms. The highest BCUT2D eigenvalue weighted by Gasteiger charge is 2.66. The van der Waals surface area contributed by atoms with Crippen LogP contribution in [0.2, 0.25) is 0 Å². The number of amides is 2. The number of ether oxygens (including phenoxy) is 1. The van der Waals surface area contributed by atoms with Gasteiger partial charge in [0.1, 0.15) is 11.1 Å². The third kappa shape index (κ3) is 5.48. The maximum absolute atomic E-state index is 13.3. The lowest BCUT2D eigenvalue weighted by molar-refractivity contribution is -0.192. The van der Waals surface area contributed by atoms with E-state index in [4.69, 9.17) is 15.0 Å². The fourth-order valence-electron chi connectivity index (χ4n) is 3.97. The molecule has 1 aromatic carbocycles. The number of tetrazole rings is 1. The molecule has 0 saturated carbocycles. The molecule has 0 unspecified atom stereocenters. The number of para-hydroxylation sites is 1. The van der Waals surface area contributed by atoms with Crippen LogP contribution in [0, 0.1) is 0 Å². The largest absolute Gasteiger partial charge is 0.477 e. The maximum atomic E-state index is 13.3. The molecule has 0 radical (unpaired) electrons. The first-order valence-corrected chi connectivity index (χ1v) is 14.6. The maximum Gasteiger partial charge on any atom is 0.352 e. The Labute approximate surface area is 224 Å². The van der Waals surface area contributed by atoms with Crippen molar-refractivity contribution in [1.82, 2.24) is 30.4 Å². The zero-order chi connectivity index (χ0) is 27.7. The van der Waals surface area contributed by atoms with E-state index in [2.05, 4.69) is 20.8 Å². The number of nitrogens with one attached hydrogen (secondary N) is 1. The highest BCUT2D eigenvalue weighted by atomic mass is 32.2. The quantitative estimate of drug-likeness (QED) is 0.0833. The minimum atomic E-state index is -4.23. The molecule has 0 aliphatic carbocycles. The van der Waals surface area contributed by atoms with Gasteiger partial charge in [0.15, 0.2) is 0 Å². The number of hydrogen-bond acceptors (Lipinski definition) is 12. The van der Waals surface area contributed by atoms with Crippen molar-refractivity contribution in [3.05, 3.63) is 41.1 Å². The number of aromatic nitrogens is 4. The van der Waals surface area contributed by atoms with E-state index in [1.165, 1.54) is 18.9 Å². The minimum absolute atomic E-state index is 0.0804. The molecule has 38 heavy (non-hydrogen) atoms. The van der Waals surface area contributed by atoms with Crippen LogP contribution in [0.4, 0.5) is 5.69 Å². The summed E-state index contributed by atoms with van der Waals surface area (Å²) in [5.74, 6) is -2.91. The Morgan fingerprint density at radius 1 is 1.37 bits per heavy atom. The van der Waals surface area contributed by atoms with Gasteiger partial charge in [0.2, 0.25) is 11.1 Å². The van der Waals surface area contributed by atoms with Crippen LogP contribution >= 0.6 is 23.5 Å². The van der Waals surface area contributed by atoms with Crippen molar-refractivity contribution in [3.63, 3.8) is 0 Å². The normalized spacial score (nSPS) is 21.2. The summed E-state index contributed by atoms with van der Waals surface area (Å²) >= 11 is 2.26. The highest BCUT2D eigenvalue weighted by Crippen LogP contribution is 2.47. The monoisotopic (exact) mass is 585 g/mol. The minimum Gasteiger partial charge on any atom is -0.477 e.